The second kappa shape index (κ2) is 11.0. The van der Waals surface area contributed by atoms with Gasteiger partial charge in [0.2, 0.25) is 11.8 Å². The van der Waals surface area contributed by atoms with E-state index in [1.54, 1.807) is 29.2 Å². The summed E-state index contributed by atoms with van der Waals surface area (Å²) in [7, 11) is 0. The third-order valence-electron chi connectivity index (χ3n) is 6.17. The lowest BCUT2D eigenvalue weighted by molar-refractivity contribution is -0.117. The van der Waals surface area contributed by atoms with Crippen molar-refractivity contribution in [3.8, 4) is 0 Å². The summed E-state index contributed by atoms with van der Waals surface area (Å²) in [5.41, 5.74) is 3.73. The Morgan fingerprint density at radius 2 is 1.54 bits per heavy atom. The molecular weight excluding hydrogens is 440 g/mol. The van der Waals surface area contributed by atoms with Crippen molar-refractivity contribution >= 4 is 40.5 Å². The first-order valence-corrected chi connectivity index (χ1v) is 11.9. The first-order chi connectivity index (χ1) is 17.0. The van der Waals surface area contributed by atoms with Gasteiger partial charge in [0.25, 0.3) is 5.91 Å². The van der Waals surface area contributed by atoms with Gasteiger partial charge in [0.1, 0.15) is 0 Å². The monoisotopic (exact) mass is 470 g/mol. The first kappa shape index (κ1) is 24.2. The molecule has 180 valence electrons. The molecule has 0 saturated carbocycles. The number of carbonyl (C=O) groups is 3. The lowest BCUT2D eigenvalue weighted by Crippen LogP contribution is -2.28. The standard InChI is InChI=1S/C28H30N4O3/c1-3-31(4-2)18-17-26(33)29-21-15-13-20(14-16-21)19-27(34)32-24-11-7-5-9-22(24)28(35)30-23-10-6-8-12-25(23)32/h5-16H,3-4,17-19H2,1-2H3,(H,29,33)(H,30,35). The predicted molar refractivity (Wildman–Crippen MR) is 139 cm³/mol. The van der Waals surface area contributed by atoms with Gasteiger partial charge in [-0.15, -0.1) is 0 Å². The minimum absolute atomic E-state index is 0.0318. The van der Waals surface area contributed by atoms with Crippen LogP contribution in [0.1, 0.15) is 36.2 Å². The van der Waals surface area contributed by atoms with Crippen LogP contribution in [-0.4, -0.2) is 42.3 Å². The molecular formula is C28H30N4O3. The molecule has 4 rings (SSSR count). The maximum atomic E-state index is 13.5. The maximum Gasteiger partial charge on any atom is 0.257 e. The molecule has 7 nitrogen and oxygen atoms in total. The fourth-order valence-electron chi connectivity index (χ4n) is 4.21. The molecule has 0 radical (unpaired) electrons. The molecule has 7 heteroatoms. The van der Waals surface area contributed by atoms with Crippen molar-refractivity contribution in [3.05, 3.63) is 83.9 Å². The molecule has 0 saturated heterocycles. The number of carbonyl (C=O) groups excluding carboxylic acids is 3. The summed E-state index contributed by atoms with van der Waals surface area (Å²) in [5.74, 6) is -0.433. The highest BCUT2D eigenvalue weighted by atomic mass is 16.2. The summed E-state index contributed by atoms with van der Waals surface area (Å²) >= 11 is 0. The molecule has 3 aromatic rings. The van der Waals surface area contributed by atoms with Gasteiger partial charge >= 0.3 is 0 Å². The van der Waals surface area contributed by atoms with Crippen LogP contribution < -0.4 is 15.5 Å². The van der Waals surface area contributed by atoms with Gasteiger partial charge in [-0.1, -0.05) is 50.2 Å². The van der Waals surface area contributed by atoms with Crippen molar-refractivity contribution in [2.45, 2.75) is 26.7 Å². The van der Waals surface area contributed by atoms with Crippen LogP contribution in [0.15, 0.2) is 72.8 Å². The Bertz CT molecular complexity index is 1220. The van der Waals surface area contributed by atoms with E-state index in [-0.39, 0.29) is 24.1 Å². The minimum atomic E-state index is -0.246. The van der Waals surface area contributed by atoms with Gasteiger partial charge in [-0.3, -0.25) is 19.3 Å². The Hall–Kier alpha value is -3.97. The second-order valence-electron chi connectivity index (χ2n) is 8.42. The Morgan fingerprint density at radius 1 is 0.886 bits per heavy atom. The summed E-state index contributed by atoms with van der Waals surface area (Å²) in [6.07, 6.45) is 0.579. The van der Waals surface area contributed by atoms with Gasteiger partial charge in [-0.05, 0) is 55.1 Å². The molecule has 2 N–H and O–H groups in total. The van der Waals surface area contributed by atoms with Gasteiger partial charge in [0.05, 0.1) is 29.0 Å². The van der Waals surface area contributed by atoms with E-state index in [0.717, 1.165) is 25.2 Å². The summed E-state index contributed by atoms with van der Waals surface area (Å²) in [6, 6.07) is 21.7. The molecule has 1 aliphatic rings. The molecule has 1 heterocycles. The lowest BCUT2D eigenvalue weighted by Gasteiger charge is -2.24. The smallest absolute Gasteiger partial charge is 0.257 e. The van der Waals surface area contributed by atoms with E-state index < -0.39 is 0 Å². The number of rotatable bonds is 8. The molecule has 0 atom stereocenters. The van der Waals surface area contributed by atoms with E-state index in [1.165, 1.54) is 0 Å². The maximum absolute atomic E-state index is 13.5. The number of hydrogen-bond donors (Lipinski definition) is 2. The van der Waals surface area contributed by atoms with Gasteiger partial charge in [0, 0.05) is 18.7 Å². The Balaban J connectivity index is 1.49. The average Bonchev–Trinajstić information content (AvgIpc) is 2.99. The van der Waals surface area contributed by atoms with Crippen LogP contribution in [0.4, 0.5) is 22.7 Å². The highest BCUT2D eigenvalue weighted by Crippen LogP contribution is 2.38. The van der Waals surface area contributed by atoms with Crippen LogP contribution in [0.5, 0.6) is 0 Å². The van der Waals surface area contributed by atoms with E-state index in [2.05, 4.69) is 29.4 Å². The van der Waals surface area contributed by atoms with Crippen molar-refractivity contribution in [1.82, 2.24) is 4.90 Å². The van der Waals surface area contributed by atoms with Crippen molar-refractivity contribution in [1.29, 1.82) is 0 Å². The zero-order valence-electron chi connectivity index (χ0n) is 20.1. The zero-order chi connectivity index (χ0) is 24.8. The number of para-hydroxylation sites is 3. The van der Waals surface area contributed by atoms with E-state index >= 15 is 0 Å². The first-order valence-electron chi connectivity index (χ1n) is 11.9. The number of benzene rings is 3. The number of amides is 3. The normalized spacial score (nSPS) is 12.4. The van der Waals surface area contributed by atoms with Gasteiger partial charge in [0.15, 0.2) is 0 Å². The van der Waals surface area contributed by atoms with Crippen LogP contribution in [0, 0.1) is 0 Å². The SMILES string of the molecule is CCN(CC)CCC(=O)Nc1ccc(CC(=O)N2c3ccccc3NC(=O)c3ccccc32)cc1. The third kappa shape index (κ3) is 5.58. The number of nitrogens with zero attached hydrogens (tertiary/aromatic N) is 2. The fourth-order valence-corrected chi connectivity index (χ4v) is 4.21. The van der Waals surface area contributed by atoms with Crippen LogP contribution in [0.25, 0.3) is 0 Å². The molecule has 3 amide bonds. The molecule has 0 aromatic heterocycles. The molecule has 0 spiro atoms. The van der Waals surface area contributed by atoms with Crippen LogP contribution in [0.2, 0.25) is 0 Å². The van der Waals surface area contributed by atoms with Gasteiger partial charge in [-0.25, -0.2) is 0 Å². The Kier molecular flexibility index (Phi) is 7.57. The van der Waals surface area contributed by atoms with Crippen molar-refractivity contribution in [2.75, 3.05) is 35.2 Å². The topological polar surface area (TPSA) is 81.8 Å². The van der Waals surface area contributed by atoms with E-state index in [9.17, 15) is 14.4 Å². The number of anilines is 4. The zero-order valence-corrected chi connectivity index (χ0v) is 20.1. The predicted octanol–water partition coefficient (Wildman–Crippen LogP) is 4.83. The Labute approximate surface area is 205 Å². The van der Waals surface area contributed by atoms with E-state index in [4.69, 9.17) is 0 Å². The molecule has 35 heavy (non-hydrogen) atoms. The van der Waals surface area contributed by atoms with E-state index in [1.807, 2.05) is 48.5 Å². The number of nitrogens with one attached hydrogen (secondary N) is 2. The molecule has 0 aliphatic carbocycles. The third-order valence-corrected chi connectivity index (χ3v) is 6.17. The number of hydrogen-bond acceptors (Lipinski definition) is 4. The summed E-state index contributed by atoms with van der Waals surface area (Å²) in [4.78, 5) is 42.4. The summed E-state index contributed by atoms with van der Waals surface area (Å²) in [5, 5.41) is 5.82. The van der Waals surface area contributed by atoms with Crippen LogP contribution >= 0.6 is 0 Å². The molecule has 0 bridgehead atoms. The number of fused-ring (bicyclic) bond motifs is 2. The molecule has 3 aromatic carbocycles. The van der Waals surface area contributed by atoms with Gasteiger partial charge < -0.3 is 15.5 Å². The van der Waals surface area contributed by atoms with Crippen molar-refractivity contribution in [3.63, 3.8) is 0 Å². The Morgan fingerprint density at radius 3 is 2.26 bits per heavy atom. The second-order valence-corrected chi connectivity index (χ2v) is 8.42. The largest absolute Gasteiger partial charge is 0.326 e. The van der Waals surface area contributed by atoms with Crippen LogP contribution in [-0.2, 0) is 16.0 Å². The molecule has 1 aliphatic heterocycles. The van der Waals surface area contributed by atoms with Crippen molar-refractivity contribution < 1.29 is 14.4 Å². The quantitative estimate of drug-likeness (QED) is 0.494. The lowest BCUT2D eigenvalue weighted by atomic mass is 10.1. The molecule has 0 fully saturated rings. The van der Waals surface area contributed by atoms with Crippen LogP contribution in [0.3, 0.4) is 0 Å². The van der Waals surface area contributed by atoms with Crippen molar-refractivity contribution in [2.24, 2.45) is 0 Å². The van der Waals surface area contributed by atoms with E-state index in [0.29, 0.717) is 34.7 Å². The fraction of sp³-hybridized carbons (Fsp3) is 0.250. The summed E-state index contributed by atoms with van der Waals surface area (Å²) in [6.45, 7) is 6.73. The average molecular weight is 471 g/mol. The minimum Gasteiger partial charge on any atom is -0.326 e. The highest BCUT2D eigenvalue weighted by Gasteiger charge is 2.28. The summed E-state index contributed by atoms with van der Waals surface area (Å²) < 4.78 is 0. The van der Waals surface area contributed by atoms with Gasteiger partial charge in [-0.2, -0.15) is 0 Å². The molecule has 0 unspecified atom stereocenters. The highest BCUT2D eigenvalue weighted by molar-refractivity contribution is 6.17.